The summed E-state index contributed by atoms with van der Waals surface area (Å²) in [6.45, 7) is 0. The SMILES string of the molecule is NC(=O)C[S@@](=O)C(c1ccccc1)c1ccccc1.NC(=O)C[S@@](=O)C(c1ccccc1)c1ccccc1. The molecule has 4 aromatic carbocycles. The standard InChI is InChI=1S/2C15H15NO2S/c2*16-14(17)11-19(18)15(12-7-3-1-4-8-12)13-9-5-2-6-10-13/h2*1-10,15H,11H2,(H2,16,17)/t2*19-/m11/s1. The second kappa shape index (κ2) is 14.8. The molecule has 2 atom stereocenters. The predicted molar refractivity (Wildman–Crippen MR) is 154 cm³/mol. The third-order valence-corrected chi connectivity index (χ3v) is 8.78. The van der Waals surface area contributed by atoms with E-state index < -0.39 is 33.4 Å². The fraction of sp³-hybridized carbons (Fsp3) is 0.133. The van der Waals surface area contributed by atoms with Crippen molar-refractivity contribution in [2.24, 2.45) is 11.5 Å². The van der Waals surface area contributed by atoms with E-state index >= 15 is 0 Å². The second-order valence-corrected chi connectivity index (χ2v) is 11.4. The molecule has 6 nitrogen and oxygen atoms in total. The van der Waals surface area contributed by atoms with Crippen LogP contribution in [0.4, 0.5) is 0 Å². The van der Waals surface area contributed by atoms with E-state index in [9.17, 15) is 18.0 Å². The molecule has 8 heteroatoms. The number of hydrogen-bond acceptors (Lipinski definition) is 4. The molecule has 196 valence electrons. The van der Waals surface area contributed by atoms with Crippen molar-refractivity contribution in [3.8, 4) is 0 Å². The van der Waals surface area contributed by atoms with Crippen LogP contribution in [0.1, 0.15) is 32.8 Å². The predicted octanol–water partition coefficient (Wildman–Crippen LogP) is 4.02. The van der Waals surface area contributed by atoms with Crippen molar-refractivity contribution in [3.63, 3.8) is 0 Å². The molecule has 0 radical (unpaired) electrons. The summed E-state index contributed by atoms with van der Waals surface area (Å²) >= 11 is 0. The van der Waals surface area contributed by atoms with Crippen LogP contribution in [0.2, 0.25) is 0 Å². The lowest BCUT2D eigenvalue weighted by atomic mass is 10.0. The Morgan fingerprint density at radius 3 is 0.868 bits per heavy atom. The zero-order valence-corrected chi connectivity index (χ0v) is 22.4. The first-order chi connectivity index (χ1) is 18.4. The Balaban J connectivity index is 0.000000211. The molecule has 0 fully saturated rings. The minimum absolute atomic E-state index is 0.131. The average Bonchev–Trinajstić information content (AvgIpc) is 2.91. The minimum Gasteiger partial charge on any atom is -0.369 e. The fourth-order valence-corrected chi connectivity index (χ4v) is 6.69. The fourth-order valence-electron chi connectivity index (χ4n) is 3.95. The molecule has 0 saturated carbocycles. The van der Waals surface area contributed by atoms with Crippen molar-refractivity contribution in [1.82, 2.24) is 0 Å². The Labute approximate surface area is 228 Å². The van der Waals surface area contributed by atoms with Crippen molar-refractivity contribution in [3.05, 3.63) is 144 Å². The number of hydrogen-bond donors (Lipinski definition) is 2. The van der Waals surface area contributed by atoms with E-state index in [1.807, 2.05) is 121 Å². The summed E-state index contributed by atoms with van der Waals surface area (Å²) in [5.41, 5.74) is 14.0. The van der Waals surface area contributed by atoms with Gasteiger partial charge in [-0.05, 0) is 22.3 Å². The van der Waals surface area contributed by atoms with Gasteiger partial charge in [-0.25, -0.2) is 0 Å². The Hall–Kier alpha value is -3.88. The van der Waals surface area contributed by atoms with Crippen LogP contribution in [-0.2, 0) is 31.2 Å². The van der Waals surface area contributed by atoms with Crippen LogP contribution < -0.4 is 11.5 Å². The first kappa shape index (κ1) is 28.7. The summed E-state index contributed by atoms with van der Waals surface area (Å²) in [5, 5.41) is -0.648. The second-order valence-electron chi connectivity index (χ2n) is 8.39. The average molecular weight is 547 g/mol. The maximum absolute atomic E-state index is 12.4. The molecule has 0 saturated heterocycles. The van der Waals surface area contributed by atoms with Crippen LogP contribution >= 0.6 is 0 Å². The van der Waals surface area contributed by atoms with Gasteiger partial charge in [0.1, 0.15) is 11.5 Å². The molecule has 38 heavy (non-hydrogen) atoms. The summed E-state index contributed by atoms with van der Waals surface area (Å²) < 4.78 is 24.7. The Morgan fingerprint density at radius 2 is 0.684 bits per heavy atom. The van der Waals surface area contributed by atoms with Gasteiger partial charge in [0, 0.05) is 21.6 Å². The molecule has 0 aromatic heterocycles. The van der Waals surface area contributed by atoms with Crippen LogP contribution in [0.15, 0.2) is 121 Å². The Kier molecular flexibility index (Phi) is 11.1. The van der Waals surface area contributed by atoms with Gasteiger partial charge in [-0.3, -0.25) is 18.0 Å². The van der Waals surface area contributed by atoms with Gasteiger partial charge >= 0.3 is 0 Å². The first-order valence-corrected chi connectivity index (χ1v) is 14.6. The highest BCUT2D eigenvalue weighted by molar-refractivity contribution is 7.86. The summed E-state index contributed by atoms with van der Waals surface area (Å²) in [7, 11) is -2.73. The lowest BCUT2D eigenvalue weighted by Crippen LogP contribution is -2.23. The van der Waals surface area contributed by atoms with E-state index in [4.69, 9.17) is 11.5 Å². The quantitative estimate of drug-likeness (QED) is 0.312. The van der Waals surface area contributed by atoms with Gasteiger partial charge in [0.2, 0.25) is 11.8 Å². The third-order valence-electron chi connectivity index (χ3n) is 5.50. The zero-order chi connectivity index (χ0) is 27.3. The maximum Gasteiger partial charge on any atom is 0.230 e. The summed E-state index contributed by atoms with van der Waals surface area (Å²) in [5.74, 6) is -1.35. The summed E-state index contributed by atoms with van der Waals surface area (Å²) in [4.78, 5) is 22.0. The van der Waals surface area contributed by atoms with Gasteiger partial charge in [0.15, 0.2) is 0 Å². The number of carbonyl (C=O) groups is 2. The lowest BCUT2D eigenvalue weighted by molar-refractivity contribution is -0.116. The van der Waals surface area contributed by atoms with Gasteiger partial charge in [-0.15, -0.1) is 0 Å². The van der Waals surface area contributed by atoms with Crippen LogP contribution in [0.5, 0.6) is 0 Å². The molecule has 0 heterocycles. The molecular weight excluding hydrogens is 516 g/mol. The van der Waals surface area contributed by atoms with Gasteiger partial charge < -0.3 is 11.5 Å². The number of carbonyl (C=O) groups excluding carboxylic acids is 2. The van der Waals surface area contributed by atoms with Crippen molar-refractivity contribution in [2.45, 2.75) is 10.5 Å². The lowest BCUT2D eigenvalue weighted by Gasteiger charge is -2.16. The van der Waals surface area contributed by atoms with Gasteiger partial charge in [-0.2, -0.15) is 0 Å². The third kappa shape index (κ3) is 8.61. The molecule has 4 N–H and O–H groups in total. The molecule has 0 spiro atoms. The van der Waals surface area contributed by atoms with E-state index in [1.54, 1.807) is 0 Å². The summed E-state index contributed by atoms with van der Waals surface area (Å²) in [6, 6.07) is 38.1. The molecule has 0 aliphatic heterocycles. The molecule has 0 aliphatic carbocycles. The van der Waals surface area contributed by atoms with Crippen molar-refractivity contribution in [1.29, 1.82) is 0 Å². The highest BCUT2D eigenvalue weighted by Crippen LogP contribution is 2.29. The van der Waals surface area contributed by atoms with Crippen molar-refractivity contribution < 1.29 is 18.0 Å². The smallest absolute Gasteiger partial charge is 0.230 e. The van der Waals surface area contributed by atoms with Crippen molar-refractivity contribution >= 4 is 33.4 Å². The van der Waals surface area contributed by atoms with E-state index in [1.165, 1.54) is 0 Å². The number of nitrogens with two attached hydrogens (primary N) is 2. The Bertz CT molecular complexity index is 1170. The van der Waals surface area contributed by atoms with Gasteiger partial charge in [0.25, 0.3) is 0 Å². The van der Waals surface area contributed by atoms with Crippen LogP contribution in [0.25, 0.3) is 0 Å². The topological polar surface area (TPSA) is 120 Å². The van der Waals surface area contributed by atoms with Crippen LogP contribution in [-0.4, -0.2) is 31.7 Å². The largest absolute Gasteiger partial charge is 0.369 e. The van der Waals surface area contributed by atoms with Gasteiger partial charge in [0.05, 0.1) is 10.5 Å². The monoisotopic (exact) mass is 546 g/mol. The summed E-state index contributed by atoms with van der Waals surface area (Å²) in [6.07, 6.45) is 0. The Morgan fingerprint density at radius 1 is 0.474 bits per heavy atom. The van der Waals surface area contributed by atoms with E-state index in [2.05, 4.69) is 0 Å². The van der Waals surface area contributed by atoms with Crippen molar-refractivity contribution in [2.75, 3.05) is 11.5 Å². The molecule has 0 bridgehead atoms. The van der Waals surface area contributed by atoms with E-state index in [0.717, 1.165) is 22.3 Å². The molecule has 2 amide bonds. The molecule has 0 aliphatic rings. The normalized spacial score (nSPS) is 12.3. The van der Waals surface area contributed by atoms with Crippen LogP contribution in [0, 0.1) is 0 Å². The molecule has 4 aromatic rings. The highest BCUT2D eigenvalue weighted by Gasteiger charge is 2.23. The molecular formula is C30H30N2O4S2. The van der Waals surface area contributed by atoms with E-state index in [-0.39, 0.29) is 22.0 Å². The molecule has 4 rings (SSSR count). The number of primary amides is 2. The minimum atomic E-state index is -1.36. The number of rotatable bonds is 10. The molecule has 0 unspecified atom stereocenters. The number of amides is 2. The maximum atomic E-state index is 12.4. The highest BCUT2D eigenvalue weighted by atomic mass is 32.2. The van der Waals surface area contributed by atoms with Gasteiger partial charge in [-0.1, -0.05) is 121 Å². The first-order valence-electron chi connectivity index (χ1n) is 11.9. The zero-order valence-electron chi connectivity index (χ0n) is 20.7. The van der Waals surface area contributed by atoms with E-state index in [0.29, 0.717) is 0 Å². The number of benzene rings is 4. The van der Waals surface area contributed by atoms with Crippen LogP contribution in [0.3, 0.4) is 0 Å².